The molecule has 1 heterocycles. The van der Waals surface area contributed by atoms with Gasteiger partial charge in [0.05, 0.1) is 29.3 Å². The van der Waals surface area contributed by atoms with Crippen LogP contribution in [0.3, 0.4) is 0 Å². The fourth-order valence-corrected chi connectivity index (χ4v) is 4.56. The van der Waals surface area contributed by atoms with E-state index in [-0.39, 0.29) is 32.7 Å². The van der Waals surface area contributed by atoms with E-state index in [9.17, 15) is 14.7 Å². The van der Waals surface area contributed by atoms with E-state index in [4.69, 9.17) is 32.7 Å². The van der Waals surface area contributed by atoms with Crippen LogP contribution in [0, 0.1) is 0 Å². The van der Waals surface area contributed by atoms with E-state index >= 15 is 0 Å². The SMILES string of the molecule is COCCCN1C(=O)C(=O)/C(=C(/O)c2cc(Cl)cc(Cl)c2OC)C1c1ccc(C(C)C)cc1. The van der Waals surface area contributed by atoms with Crippen molar-refractivity contribution in [3.05, 3.63) is 68.7 Å². The van der Waals surface area contributed by atoms with Crippen molar-refractivity contribution in [2.75, 3.05) is 27.4 Å². The van der Waals surface area contributed by atoms with Gasteiger partial charge in [0.1, 0.15) is 11.5 Å². The van der Waals surface area contributed by atoms with Gasteiger partial charge < -0.3 is 19.5 Å². The number of carbonyl (C=O) groups is 2. The Hall–Kier alpha value is -2.54. The third kappa shape index (κ3) is 5.03. The van der Waals surface area contributed by atoms with E-state index in [0.29, 0.717) is 31.1 Å². The maximum Gasteiger partial charge on any atom is 0.295 e. The molecule has 1 N–H and O–H groups in total. The number of likely N-dealkylation sites (tertiary alicyclic amines) is 1. The van der Waals surface area contributed by atoms with E-state index in [1.54, 1.807) is 7.11 Å². The van der Waals surface area contributed by atoms with Crippen molar-refractivity contribution in [1.82, 2.24) is 4.90 Å². The van der Waals surface area contributed by atoms with Crippen LogP contribution in [0.4, 0.5) is 0 Å². The van der Waals surface area contributed by atoms with Crippen molar-refractivity contribution in [3.63, 3.8) is 0 Å². The van der Waals surface area contributed by atoms with Gasteiger partial charge in [0.25, 0.3) is 11.7 Å². The number of methoxy groups -OCH3 is 2. The number of aliphatic hydroxyl groups is 1. The molecule has 1 atom stereocenters. The summed E-state index contributed by atoms with van der Waals surface area (Å²) >= 11 is 12.4. The van der Waals surface area contributed by atoms with Crippen molar-refractivity contribution in [1.29, 1.82) is 0 Å². The average molecular weight is 492 g/mol. The summed E-state index contributed by atoms with van der Waals surface area (Å²) in [4.78, 5) is 27.6. The zero-order valence-corrected chi connectivity index (χ0v) is 20.5. The molecule has 1 fully saturated rings. The van der Waals surface area contributed by atoms with Gasteiger partial charge >= 0.3 is 0 Å². The Kier molecular flexibility index (Phi) is 8.05. The number of benzene rings is 2. The number of rotatable bonds is 8. The Labute approximate surface area is 203 Å². The molecule has 1 unspecified atom stereocenters. The number of amides is 1. The Morgan fingerprint density at radius 2 is 1.79 bits per heavy atom. The number of Topliss-reactive ketones (excluding diaryl/α,β-unsaturated/α-hetero) is 1. The molecule has 0 saturated carbocycles. The number of hydrogen-bond donors (Lipinski definition) is 1. The quantitative estimate of drug-likeness (QED) is 0.225. The lowest BCUT2D eigenvalue weighted by Crippen LogP contribution is -2.31. The normalized spacial score (nSPS) is 17.8. The molecule has 2 aromatic carbocycles. The molecule has 1 amide bonds. The second-order valence-electron chi connectivity index (χ2n) is 8.13. The largest absolute Gasteiger partial charge is 0.507 e. The number of ketones is 1. The number of carbonyl (C=O) groups excluding carboxylic acids is 2. The molecule has 1 aliphatic rings. The summed E-state index contributed by atoms with van der Waals surface area (Å²) in [6.07, 6.45) is 0.538. The smallest absolute Gasteiger partial charge is 0.295 e. The maximum atomic E-state index is 13.1. The predicted octanol–water partition coefficient (Wildman–Crippen LogP) is 5.58. The van der Waals surface area contributed by atoms with Crippen LogP contribution in [0.15, 0.2) is 42.0 Å². The number of aliphatic hydroxyl groups excluding tert-OH is 1. The van der Waals surface area contributed by atoms with Gasteiger partial charge in [-0.05, 0) is 35.6 Å². The topological polar surface area (TPSA) is 76.1 Å². The predicted molar refractivity (Wildman–Crippen MR) is 129 cm³/mol. The van der Waals surface area contributed by atoms with Crippen LogP contribution >= 0.6 is 23.2 Å². The first kappa shape index (κ1) is 25.1. The van der Waals surface area contributed by atoms with Gasteiger partial charge in [-0.2, -0.15) is 0 Å². The highest BCUT2D eigenvalue weighted by molar-refractivity contribution is 6.46. The molecule has 0 aliphatic carbocycles. The van der Waals surface area contributed by atoms with Gasteiger partial charge in [0.15, 0.2) is 0 Å². The summed E-state index contributed by atoms with van der Waals surface area (Å²) in [5, 5.41) is 11.7. The number of nitrogens with zero attached hydrogens (tertiary/aromatic N) is 1. The summed E-state index contributed by atoms with van der Waals surface area (Å²) in [6.45, 7) is 4.89. The standard InChI is InChI=1S/C25H27Cl2NO5/c1-14(2)15-6-8-16(9-7-15)21-20(23(30)25(31)28(21)10-5-11-32-3)22(29)18-12-17(26)13-19(27)24(18)33-4/h6-9,12-14,21,29H,5,10-11H2,1-4H3/b22-20+. The summed E-state index contributed by atoms with van der Waals surface area (Å²) in [6, 6.07) is 9.85. The Bertz CT molecular complexity index is 1080. The first-order valence-corrected chi connectivity index (χ1v) is 11.4. The molecule has 0 radical (unpaired) electrons. The fourth-order valence-electron chi connectivity index (χ4n) is 3.99. The highest BCUT2D eigenvalue weighted by Gasteiger charge is 2.46. The van der Waals surface area contributed by atoms with Crippen LogP contribution in [-0.2, 0) is 14.3 Å². The first-order chi connectivity index (χ1) is 15.7. The summed E-state index contributed by atoms with van der Waals surface area (Å²) < 4.78 is 10.5. The van der Waals surface area contributed by atoms with Gasteiger partial charge in [-0.25, -0.2) is 0 Å². The van der Waals surface area contributed by atoms with E-state index in [2.05, 4.69) is 13.8 Å². The van der Waals surface area contributed by atoms with Crippen molar-refractivity contribution in [3.8, 4) is 5.75 Å². The molecular weight excluding hydrogens is 465 g/mol. The molecule has 0 bridgehead atoms. The lowest BCUT2D eigenvalue weighted by atomic mass is 9.93. The van der Waals surface area contributed by atoms with Gasteiger partial charge in [-0.3, -0.25) is 9.59 Å². The van der Waals surface area contributed by atoms with E-state index < -0.39 is 17.7 Å². The zero-order chi connectivity index (χ0) is 24.3. The number of halogens is 2. The lowest BCUT2D eigenvalue weighted by molar-refractivity contribution is -0.140. The Morgan fingerprint density at radius 1 is 1.12 bits per heavy atom. The molecule has 176 valence electrons. The fraction of sp³-hybridized carbons (Fsp3) is 0.360. The van der Waals surface area contributed by atoms with Crippen molar-refractivity contribution in [2.24, 2.45) is 0 Å². The van der Waals surface area contributed by atoms with Gasteiger partial charge in [0, 0.05) is 25.3 Å². The zero-order valence-electron chi connectivity index (χ0n) is 19.0. The Morgan fingerprint density at radius 3 is 2.36 bits per heavy atom. The lowest BCUT2D eigenvalue weighted by Gasteiger charge is -2.26. The minimum Gasteiger partial charge on any atom is -0.507 e. The van der Waals surface area contributed by atoms with Crippen LogP contribution in [0.25, 0.3) is 5.76 Å². The molecule has 1 saturated heterocycles. The minimum absolute atomic E-state index is 0.0358. The molecule has 8 heteroatoms. The summed E-state index contributed by atoms with van der Waals surface area (Å²) in [7, 11) is 2.97. The summed E-state index contributed by atoms with van der Waals surface area (Å²) in [5.41, 5.74) is 1.95. The van der Waals surface area contributed by atoms with Crippen molar-refractivity contribution >= 4 is 40.7 Å². The monoisotopic (exact) mass is 491 g/mol. The molecule has 6 nitrogen and oxygen atoms in total. The van der Waals surface area contributed by atoms with Gasteiger partial charge in [0.2, 0.25) is 0 Å². The van der Waals surface area contributed by atoms with Crippen molar-refractivity contribution < 1.29 is 24.2 Å². The molecule has 0 spiro atoms. The molecule has 33 heavy (non-hydrogen) atoms. The van der Waals surface area contributed by atoms with Crippen LogP contribution in [-0.4, -0.2) is 49.1 Å². The van der Waals surface area contributed by atoms with Gasteiger partial charge in [-0.15, -0.1) is 0 Å². The third-order valence-corrected chi connectivity index (χ3v) is 6.17. The van der Waals surface area contributed by atoms with Crippen LogP contribution in [0.2, 0.25) is 10.0 Å². The number of ether oxygens (including phenoxy) is 2. The summed E-state index contributed by atoms with van der Waals surface area (Å²) in [5.74, 6) is -1.36. The second kappa shape index (κ2) is 10.6. The highest BCUT2D eigenvalue weighted by atomic mass is 35.5. The molecule has 2 aromatic rings. The molecule has 0 aromatic heterocycles. The molecular formula is C25H27Cl2NO5. The average Bonchev–Trinajstić information content (AvgIpc) is 3.03. The number of hydrogen-bond acceptors (Lipinski definition) is 5. The van der Waals surface area contributed by atoms with E-state index in [1.165, 1.54) is 24.1 Å². The van der Waals surface area contributed by atoms with Gasteiger partial charge in [-0.1, -0.05) is 61.3 Å². The van der Waals surface area contributed by atoms with Crippen LogP contribution in [0.5, 0.6) is 5.75 Å². The third-order valence-electron chi connectivity index (χ3n) is 5.67. The van der Waals surface area contributed by atoms with E-state index in [1.807, 2.05) is 24.3 Å². The Balaban J connectivity index is 2.20. The van der Waals surface area contributed by atoms with Crippen molar-refractivity contribution in [2.45, 2.75) is 32.2 Å². The molecule has 3 rings (SSSR count). The second-order valence-corrected chi connectivity index (χ2v) is 8.97. The highest BCUT2D eigenvalue weighted by Crippen LogP contribution is 2.43. The molecule has 1 aliphatic heterocycles. The maximum absolute atomic E-state index is 13.1. The first-order valence-electron chi connectivity index (χ1n) is 10.6. The van der Waals surface area contributed by atoms with E-state index in [0.717, 1.165) is 5.56 Å². The minimum atomic E-state index is -0.777. The van der Waals surface area contributed by atoms with Crippen LogP contribution in [0.1, 0.15) is 48.9 Å². The van der Waals surface area contributed by atoms with Crippen LogP contribution < -0.4 is 4.74 Å².